The Morgan fingerprint density at radius 2 is 1.96 bits per heavy atom. The summed E-state index contributed by atoms with van der Waals surface area (Å²) in [6, 6.07) is 0.594. The van der Waals surface area contributed by atoms with Crippen molar-refractivity contribution in [3.8, 4) is 5.75 Å². The summed E-state index contributed by atoms with van der Waals surface area (Å²) in [4.78, 5) is 32.7. The molecule has 0 radical (unpaired) electrons. The minimum Gasteiger partial charge on any atom is -0.493 e. The number of nitrogens with zero attached hydrogens (tertiary/aromatic N) is 1. The number of amides is 1. The van der Waals surface area contributed by atoms with Crippen molar-refractivity contribution in [2.45, 2.75) is 26.4 Å². The number of carbonyl (C=O) groups is 2. The minimum atomic E-state index is -1.62. The van der Waals surface area contributed by atoms with Gasteiger partial charge in [0.25, 0.3) is 5.69 Å². The zero-order valence-electron chi connectivity index (χ0n) is 12.8. The lowest BCUT2D eigenvalue weighted by Crippen LogP contribution is -2.28. The van der Waals surface area contributed by atoms with E-state index in [1.807, 2.05) is 5.32 Å². The van der Waals surface area contributed by atoms with Crippen LogP contribution in [0.1, 0.15) is 31.1 Å². The fourth-order valence-electron chi connectivity index (χ4n) is 1.65. The standard InChI is InChI=1S/C13H15FN2O7/c1-13(2,3)23-12(19)15-9-7(16(20)21)5-6(11(17)18)10(22-4)8(9)14/h5H,1-4H3,(H,15,19)(H,17,18). The predicted octanol–water partition coefficient (Wildman–Crippen LogP) is 2.79. The van der Waals surface area contributed by atoms with Crippen LogP contribution in [0.4, 0.5) is 20.6 Å². The summed E-state index contributed by atoms with van der Waals surface area (Å²) in [5.74, 6) is -3.74. The molecule has 0 bridgehead atoms. The molecule has 1 aromatic rings. The van der Waals surface area contributed by atoms with Gasteiger partial charge in [0.1, 0.15) is 11.2 Å². The van der Waals surface area contributed by atoms with Crippen LogP contribution < -0.4 is 10.1 Å². The Hall–Kier alpha value is -2.91. The van der Waals surface area contributed by atoms with Gasteiger partial charge in [0.15, 0.2) is 17.3 Å². The van der Waals surface area contributed by atoms with E-state index in [4.69, 9.17) is 9.84 Å². The van der Waals surface area contributed by atoms with Crippen LogP contribution in [0.3, 0.4) is 0 Å². The molecular weight excluding hydrogens is 315 g/mol. The first-order valence-electron chi connectivity index (χ1n) is 6.26. The Balaban J connectivity index is 3.43. The maximum atomic E-state index is 14.3. The van der Waals surface area contributed by atoms with Crippen LogP contribution in [-0.4, -0.2) is 34.8 Å². The molecule has 0 saturated heterocycles. The SMILES string of the molecule is COc1c(C(=O)O)cc([N+](=O)[O-])c(NC(=O)OC(C)(C)C)c1F. The Bertz CT molecular complexity index is 667. The molecular formula is C13H15FN2O7. The van der Waals surface area contributed by atoms with Gasteiger partial charge in [-0.3, -0.25) is 15.4 Å². The van der Waals surface area contributed by atoms with E-state index in [1.165, 1.54) is 0 Å². The molecule has 0 fully saturated rings. The van der Waals surface area contributed by atoms with Crippen molar-refractivity contribution in [2.24, 2.45) is 0 Å². The zero-order valence-corrected chi connectivity index (χ0v) is 12.8. The molecule has 2 N–H and O–H groups in total. The van der Waals surface area contributed by atoms with Crippen LogP contribution in [0.5, 0.6) is 5.75 Å². The average Bonchev–Trinajstić information content (AvgIpc) is 2.37. The molecule has 1 amide bonds. The van der Waals surface area contributed by atoms with Gasteiger partial charge in [0.2, 0.25) is 0 Å². The summed E-state index contributed by atoms with van der Waals surface area (Å²) < 4.78 is 23.9. The van der Waals surface area contributed by atoms with Gasteiger partial charge < -0.3 is 14.6 Å². The third-order valence-corrected chi connectivity index (χ3v) is 2.46. The van der Waals surface area contributed by atoms with Crippen molar-refractivity contribution >= 4 is 23.4 Å². The van der Waals surface area contributed by atoms with Crippen molar-refractivity contribution < 1.29 is 33.5 Å². The first-order valence-corrected chi connectivity index (χ1v) is 6.26. The number of carbonyl (C=O) groups excluding carboxylic acids is 1. The van der Waals surface area contributed by atoms with Gasteiger partial charge >= 0.3 is 12.1 Å². The van der Waals surface area contributed by atoms with Gasteiger partial charge in [-0.1, -0.05) is 0 Å². The summed E-state index contributed by atoms with van der Waals surface area (Å²) in [5, 5.41) is 21.9. The van der Waals surface area contributed by atoms with E-state index in [2.05, 4.69) is 4.74 Å². The molecule has 0 atom stereocenters. The second-order valence-electron chi connectivity index (χ2n) is 5.35. The molecule has 10 heteroatoms. The molecule has 1 aromatic carbocycles. The van der Waals surface area contributed by atoms with Crippen molar-refractivity contribution in [1.29, 1.82) is 0 Å². The molecule has 0 aliphatic heterocycles. The normalized spacial score (nSPS) is 10.8. The molecule has 9 nitrogen and oxygen atoms in total. The van der Waals surface area contributed by atoms with Crippen molar-refractivity contribution in [3.05, 3.63) is 27.6 Å². The van der Waals surface area contributed by atoms with E-state index in [0.717, 1.165) is 7.11 Å². The number of benzene rings is 1. The van der Waals surface area contributed by atoms with Crippen LogP contribution in [0.15, 0.2) is 6.07 Å². The second kappa shape index (κ2) is 6.46. The van der Waals surface area contributed by atoms with Crippen LogP contribution in [0, 0.1) is 15.9 Å². The number of anilines is 1. The quantitative estimate of drug-likeness (QED) is 0.641. The molecule has 126 valence electrons. The summed E-state index contributed by atoms with van der Waals surface area (Å²) in [7, 11) is 0.994. The first-order chi connectivity index (χ1) is 10.5. The lowest BCUT2D eigenvalue weighted by Gasteiger charge is -2.20. The number of carboxylic acid groups (broad SMARTS) is 1. The number of aromatic carboxylic acids is 1. The van der Waals surface area contributed by atoms with Crippen molar-refractivity contribution in [3.63, 3.8) is 0 Å². The summed E-state index contributed by atoms with van der Waals surface area (Å²) >= 11 is 0. The van der Waals surface area contributed by atoms with E-state index >= 15 is 0 Å². The zero-order chi connectivity index (χ0) is 17.9. The number of hydrogen-bond acceptors (Lipinski definition) is 6. The number of hydrogen-bond donors (Lipinski definition) is 2. The topological polar surface area (TPSA) is 128 Å². The summed E-state index contributed by atoms with van der Waals surface area (Å²) in [5.41, 5.74) is -3.44. The molecule has 1 rings (SSSR count). The van der Waals surface area contributed by atoms with E-state index in [0.29, 0.717) is 6.07 Å². The Morgan fingerprint density at radius 1 is 1.39 bits per heavy atom. The lowest BCUT2D eigenvalue weighted by molar-refractivity contribution is -0.384. The van der Waals surface area contributed by atoms with Gasteiger partial charge in [-0.05, 0) is 20.8 Å². The average molecular weight is 330 g/mol. The number of rotatable bonds is 4. The third kappa shape index (κ3) is 4.28. The maximum Gasteiger partial charge on any atom is 0.412 e. The van der Waals surface area contributed by atoms with Gasteiger partial charge in [-0.2, -0.15) is 0 Å². The van der Waals surface area contributed by atoms with Crippen LogP contribution in [0.2, 0.25) is 0 Å². The number of ether oxygens (including phenoxy) is 2. The predicted molar refractivity (Wildman–Crippen MR) is 76.4 cm³/mol. The fraction of sp³-hybridized carbons (Fsp3) is 0.385. The highest BCUT2D eigenvalue weighted by atomic mass is 19.1. The summed E-state index contributed by atoms with van der Waals surface area (Å²) in [6.07, 6.45) is -1.13. The highest BCUT2D eigenvalue weighted by Crippen LogP contribution is 2.37. The number of nitrogens with one attached hydrogen (secondary N) is 1. The minimum absolute atomic E-state index is 0.594. The molecule has 0 aromatic heterocycles. The maximum absolute atomic E-state index is 14.3. The molecule has 0 heterocycles. The molecule has 23 heavy (non-hydrogen) atoms. The molecule has 0 spiro atoms. The van der Waals surface area contributed by atoms with Crippen molar-refractivity contribution in [2.75, 3.05) is 12.4 Å². The number of nitro groups is 1. The van der Waals surface area contributed by atoms with Gasteiger partial charge in [-0.15, -0.1) is 0 Å². The number of nitro benzene ring substituents is 1. The van der Waals surface area contributed by atoms with Gasteiger partial charge in [0, 0.05) is 6.07 Å². The molecule has 0 aliphatic carbocycles. The van der Waals surface area contributed by atoms with E-state index < -0.39 is 51.1 Å². The Kier molecular flexibility index (Phi) is 5.10. The Morgan fingerprint density at radius 3 is 2.35 bits per heavy atom. The molecule has 0 aliphatic rings. The highest BCUT2D eigenvalue weighted by molar-refractivity contribution is 5.96. The smallest absolute Gasteiger partial charge is 0.412 e. The molecule has 0 unspecified atom stereocenters. The van der Waals surface area contributed by atoms with E-state index in [1.54, 1.807) is 20.8 Å². The summed E-state index contributed by atoms with van der Waals surface area (Å²) in [6.45, 7) is 4.64. The van der Waals surface area contributed by atoms with Crippen LogP contribution in [-0.2, 0) is 4.74 Å². The molecule has 0 saturated carbocycles. The fourth-order valence-corrected chi connectivity index (χ4v) is 1.65. The largest absolute Gasteiger partial charge is 0.493 e. The van der Waals surface area contributed by atoms with Crippen LogP contribution in [0.25, 0.3) is 0 Å². The second-order valence-corrected chi connectivity index (χ2v) is 5.35. The number of methoxy groups -OCH3 is 1. The Labute approximate surface area is 130 Å². The highest BCUT2D eigenvalue weighted by Gasteiger charge is 2.30. The van der Waals surface area contributed by atoms with E-state index in [9.17, 15) is 24.1 Å². The van der Waals surface area contributed by atoms with Crippen LogP contribution >= 0.6 is 0 Å². The third-order valence-electron chi connectivity index (χ3n) is 2.46. The van der Waals surface area contributed by atoms with Gasteiger partial charge in [-0.25, -0.2) is 14.0 Å². The van der Waals surface area contributed by atoms with Crippen molar-refractivity contribution in [1.82, 2.24) is 0 Å². The lowest BCUT2D eigenvalue weighted by atomic mass is 10.1. The van der Waals surface area contributed by atoms with Gasteiger partial charge in [0.05, 0.1) is 12.0 Å². The first kappa shape index (κ1) is 18.1. The monoisotopic (exact) mass is 330 g/mol. The van der Waals surface area contributed by atoms with E-state index in [-0.39, 0.29) is 0 Å². The number of carboxylic acids is 1. The number of halogens is 1.